The minimum Gasteiger partial charge on any atom is -0.493 e. The summed E-state index contributed by atoms with van der Waals surface area (Å²) in [6.07, 6.45) is -3.30. The molecule has 1 aromatic heterocycles. The molecule has 0 bridgehead atoms. The highest BCUT2D eigenvalue weighted by Crippen LogP contribution is 2.31. The highest BCUT2D eigenvalue weighted by Gasteiger charge is 2.33. The van der Waals surface area contributed by atoms with Crippen LogP contribution in [0.3, 0.4) is 0 Å². The third-order valence-corrected chi connectivity index (χ3v) is 4.52. The van der Waals surface area contributed by atoms with E-state index in [1.807, 2.05) is 12.1 Å². The SMILES string of the molecule is COc1cccc2cc(/C=C3\NC(=S)N(c4ccc(OC(F)(F)F)cc4)C3=O)oc12. The maximum Gasteiger partial charge on any atom is 0.573 e. The van der Waals surface area contributed by atoms with Gasteiger partial charge in [-0.15, -0.1) is 13.2 Å². The van der Waals surface area contributed by atoms with Crippen molar-refractivity contribution >= 4 is 46.0 Å². The van der Waals surface area contributed by atoms with E-state index in [-0.39, 0.29) is 10.8 Å². The Balaban J connectivity index is 1.60. The predicted octanol–water partition coefficient (Wildman–Crippen LogP) is 4.60. The predicted molar refractivity (Wildman–Crippen MR) is 107 cm³/mol. The van der Waals surface area contributed by atoms with E-state index in [2.05, 4.69) is 10.1 Å². The zero-order chi connectivity index (χ0) is 21.5. The zero-order valence-corrected chi connectivity index (χ0v) is 16.1. The third kappa shape index (κ3) is 3.81. The van der Waals surface area contributed by atoms with Gasteiger partial charge in [-0.3, -0.25) is 9.69 Å². The monoisotopic (exact) mass is 434 g/mol. The quantitative estimate of drug-likeness (QED) is 0.478. The molecule has 1 amide bonds. The highest BCUT2D eigenvalue weighted by molar-refractivity contribution is 7.80. The lowest BCUT2D eigenvalue weighted by Gasteiger charge is -2.15. The number of hydrogen-bond donors (Lipinski definition) is 1. The number of halogens is 3. The van der Waals surface area contributed by atoms with E-state index in [4.69, 9.17) is 21.4 Å². The van der Waals surface area contributed by atoms with Crippen LogP contribution in [-0.4, -0.2) is 24.5 Å². The van der Waals surface area contributed by atoms with Crippen molar-refractivity contribution in [2.24, 2.45) is 0 Å². The minimum absolute atomic E-state index is 0.0874. The lowest BCUT2D eigenvalue weighted by atomic mass is 10.2. The molecule has 0 aliphatic carbocycles. The van der Waals surface area contributed by atoms with Crippen LogP contribution in [0.4, 0.5) is 18.9 Å². The van der Waals surface area contributed by atoms with Gasteiger partial charge >= 0.3 is 6.36 Å². The maximum absolute atomic E-state index is 12.8. The molecule has 0 radical (unpaired) electrons. The molecule has 1 saturated heterocycles. The van der Waals surface area contributed by atoms with E-state index in [1.54, 1.807) is 12.1 Å². The molecular formula is C20H13F3N2O4S. The van der Waals surface area contributed by atoms with E-state index in [0.29, 0.717) is 22.8 Å². The number of para-hydroxylation sites is 1. The number of nitrogens with zero attached hydrogens (tertiary/aromatic N) is 1. The summed E-state index contributed by atoms with van der Waals surface area (Å²) in [7, 11) is 1.53. The fourth-order valence-corrected chi connectivity index (χ4v) is 3.30. The second kappa shape index (κ2) is 7.38. The summed E-state index contributed by atoms with van der Waals surface area (Å²) in [5.41, 5.74) is 0.993. The van der Waals surface area contributed by atoms with Gasteiger partial charge in [-0.25, -0.2) is 0 Å². The van der Waals surface area contributed by atoms with E-state index in [9.17, 15) is 18.0 Å². The fourth-order valence-electron chi connectivity index (χ4n) is 3.00. The van der Waals surface area contributed by atoms with Crippen molar-refractivity contribution in [1.82, 2.24) is 5.32 Å². The van der Waals surface area contributed by atoms with Gasteiger partial charge in [0.15, 0.2) is 16.4 Å². The number of furan rings is 1. The average molecular weight is 434 g/mol. The largest absolute Gasteiger partial charge is 0.573 e. The van der Waals surface area contributed by atoms with E-state index in [0.717, 1.165) is 17.5 Å². The number of methoxy groups -OCH3 is 1. The summed E-state index contributed by atoms with van der Waals surface area (Å²) < 4.78 is 51.8. The van der Waals surface area contributed by atoms with Gasteiger partial charge in [0, 0.05) is 11.5 Å². The molecule has 1 aliphatic rings. The van der Waals surface area contributed by atoms with Crippen molar-refractivity contribution in [3.8, 4) is 11.5 Å². The Morgan fingerprint density at radius 2 is 1.90 bits per heavy atom. The number of carbonyl (C=O) groups excluding carboxylic acids is 1. The molecule has 1 N–H and O–H groups in total. The van der Waals surface area contributed by atoms with Crippen LogP contribution >= 0.6 is 12.2 Å². The van der Waals surface area contributed by atoms with Crippen LogP contribution in [0.2, 0.25) is 0 Å². The Morgan fingerprint density at radius 3 is 2.57 bits per heavy atom. The number of thiocarbonyl (C=S) groups is 1. The first-order chi connectivity index (χ1) is 14.2. The summed E-state index contributed by atoms with van der Waals surface area (Å²) in [6.45, 7) is 0. The molecule has 30 heavy (non-hydrogen) atoms. The molecule has 10 heteroatoms. The summed E-state index contributed by atoms with van der Waals surface area (Å²) >= 11 is 5.21. The number of nitrogens with one attached hydrogen (secondary N) is 1. The van der Waals surface area contributed by atoms with Gasteiger partial charge in [0.25, 0.3) is 5.91 Å². The van der Waals surface area contributed by atoms with Crippen LogP contribution in [0.15, 0.2) is 58.6 Å². The number of benzene rings is 2. The van der Waals surface area contributed by atoms with Gasteiger partial charge in [0.2, 0.25) is 0 Å². The Hall–Kier alpha value is -3.53. The molecular weight excluding hydrogens is 421 g/mol. The Bertz CT molecular complexity index is 1170. The molecule has 1 fully saturated rings. The van der Waals surface area contributed by atoms with Gasteiger partial charge in [-0.05, 0) is 48.6 Å². The number of amides is 1. The minimum atomic E-state index is -4.80. The number of rotatable bonds is 4. The van der Waals surface area contributed by atoms with Crippen LogP contribution in [-0.2, 0) is 4.79 Å². The molecule has 2 aromatic carbocycles. The average Bonchev–Trinajstić information content (AvgIpc) is 3.21. The zero-order valence-electron chi connectivity index (χ0n) is 15.3. The standard InChI is InChI=1S/C20H13F3N2O4S/c1-27-16-4-2-3-11-9-14(28-17(11)16)10-15-18(26)25(19(30)24-15)12-5-7-13(8-6-12)29-20(21,22)23/h2-10H,1H3,(H,24,30)/b15-10-. The molecule has 0 saturated carbocycles. The highest BCUT2D eigenvalue weighted by atomic mass is 32.1. The maximum atomic E-state index is 12.8. The van der Waals surface area contributed by atoms with E-state index < -0.39 is 18.0 Å². The molecule has 0 spiro atoms. The van der Waals surface area contributed by atoms with Crippen molar-refractivity contribution in [2.75, 3.05) is 12.0 Å². The number of anilines is 1. The van der Waals surface area contributed by atoms with Crippen LogP contribution in [0, 0.1) is 0 Å². The van der Waals surface area contributed by atoms with Crippen LogP contribution < -0.4 is 19.7 Å². The lowest BCUT2D eigenvalue weighted by molar-refractivity contribution is -0.274. The van der Waals surface area contributed by atoms with Gasteiger partial charge < -0.3 is 19.2 Å². The number of alkyl halides is 3. The first-order valence-electron chi connectivity index (χ1n) is 8.54. The molecule has 0 unspecified atom stereocenters. The van der Waals surface area contributed by atoms with Crippen molar-refractivity contribution in [3.05, 3.63) is 60.0 Å². The molecule has 0 atom stereocenters. The second-order valence-electron chi connectivity index (χ2n) is 6.20. The summed E-state index contributed by atoms with van der Waals surface area (Å²) in [5.74, 6) is 0.0887. The summed E-state index contributed by atoms with van der Waals surface area (Å²) in [6, 6.07) is 12.0. The smallest absolute Gasteiger partial charge is 0.493 e. The van der Waals surface area contributed by atoms with Gasteiger partial charge in [-0.1, -0.05) is 12.1 Å². The number of fused-ring (bicyclic) bond motifs is 1. The number of ether oxygens (including phenoxy) is 2. The van der Waals surface area contributed by atoms with Crippen LogP contribution in [0.25, 0.3) is 17.0 Å². The molecule has 3 aromatic rings. The summed E-state index contributed by atoms with van der Waals surface area (Å²) in [4.78, 5) is 14.0. The van der Waals surface area contributed by atoms with Crippen molar-refractivity contribution in [1.29, 1.82) is 0 Å². The Labute approximate surface area is 173 Å². The topological polar surface area (TPSA) is 63.9 Å². The van der Waals surface area contributed by atoms with Gasteiger partial charge in [0.1, 0.15) is 17.2 Å². The second-order valence-corrected chi connectivity index (χ2v) is 6.58. The normalized spacial score (nSPS) is 15.7. The molecule has 154 valence electrons. The van der Waals surface area contributed by atoms with Crippen molar-refractivity contribution < 1.29 is 31.9 Å². The van der Waals surface area contributed by atoms with E-state index >= 15 is 0 Å². The Kier molecular flexibility index (Phi) is 4.86. The number of hydrogen-bond acceptors (Lipinski definition) is 5. The van der Waals surface area contributed by atoms with E-state index in [1.165, 1.54) is 30.2 Å². The molecule has 1 aliphatic heterocycles. The molecule has 2 heterocycles. The number of carbonyl (C=O) groups is 1. The van der Waals surface area contributed by atoms with Crippen LogP contribution in [0.1, 0.15) is 5.76 Å². The van der Waals surface area contributed by atoms with Crippen molar-refractivity contribution in [2.45, 2.75) is 6.36 Å². The van der Waals surface area contributed by atoms with Crippen molar-refractivity contribution in [3.63, 3.8) is 0 Å². The summed E-state index contributed by atoms with van der Waals surface area (Å²) in [5, 5.41) is 3.68. The molecule has 6 nitrogen and oxygen atoms in total. The first-order valence-corrected chi connectivity index (χ1v) is 8.95. The van der Waals surface area contributed by atoms with Gasteiger partial charge in [0.05, 0.1) is 12.8 Å². The fraction of sp³-hybridized carbons (Fsp3) is 0.100. The third-order valence-electron chi connectivity index (χ3n) is 4.24. The van der Waals surface area contributed by atoms with Crippen LogP contribution in [0.5, 0.6) is 11.5 Å². The Morgan fingerprint density at radius 1 is 1.17 bits per heavy atom. The van der Waals surface area contributed by atoms with Gasteiger partial charge in [-0.2, -0.15) is 0 Å². The first kappa shape index (κ1) is 19.8. The lowest BCUT2D eigenvalue weighted by Crippen LogP contribution is -2.30. The molecule has 4 rings (SSSR count).